The highest BCUT2D eigenvalue weighted by Gasteiger charge is 2.24. The topological polar surface area (TPSA) is 17.4 Å². The SMILES string of the molecule is C[C@H]1CN(Cc2csc(=S)n2-c2c(F)cccc2F)C[C@H](C)O1. The molecule has 7 heteroatoms. The van der Waals surface area contributed by atoms with Crippen LogP contribution in [0.15, 0.2) is 23.6 Å². The highest BCUT2D eigenvalue weighted by Crippen LogP contribution is 2.25. The first-order valence-corrected chi connectivity index (χ1v) is 8.76. The maximum absolute atomic E-state index is 14.1. The number of hydrogen-bond acceptors (Lipinski definition) is 4. The Balaban J connectivity index is 1.95. The van der Waals surface area contributed by atoms with Crippen LogP contribution >= 0.6 is 23.6 Å². The first-order chi connectivity index (χ1) is 11.0. The molecule has 0 N–H and O–H groups in total. The van der Waals surface area contributed by atoms with Gasteiger partial charge in [0, 0.05) is 30.7 Å². The van der Waals surface area contributed by atoms with Gasteiger partial charge in [-0.3, -0.25) is 9.47 Å². The largest absolute Gasteiger partial charge is 0.373 e. The molecule has 3 rings (SSSR count). The first kappa shape index (κ1) is 16.7. The molecule has 0 saturated carbocycles. The Kier molecular flexibility index (Phi) is 4.91. The van der Waals surface area contributed by atoms with E-state index in [0.717, 1.165) is 18.8 Å². The smallest absolute Gasteiger partial charge is 0.166 e. The van der Waals surface area contributed by atoms with Gasteiger partial charge in [0.05, 0.1) is 12.2 Å². The summed E-state index contributed by atoms with van der Waals surface area (Å²) in [5.41, 5.74) is 0.702. The molecular formula is C16H18F2N2OS2. The second-order valence-corrected chi connectivity index (χ2v) is 7.35. The molecule has 2 aromatic rings. The lowest BCUT2D eigenvalue weighted by molar-refractivity contribution is -0.0708. The fourth-order valence-electron chi connectivity index (χ4n) is 3.03. The number of rotatable bonds is 3. The van der Waals surface area contributed by atoms with Gasteiger partial charge in [-0.15, -0.1) is 11.3 Å². The van der Waals surface area contributed by atoms with Gasteiger partial charge in [-0.2, -0.15) is 0 Å². The number of morpholine rings is 1. The predicted octanol–water partition coefficient (Wildman–Crippen LogP) is 4.16. The van der Waals surface area contributed by atoms with Crippen LogP contribution in [0.3, 0.4) is 0 Å². The Labute approximate surface area is 143 Å². The Morgan fingerprint density at radius 2 is 1.83 bits per heavy atom. The van der Waals surface area contributed by atoms with Crippen LogP contribution in [0.2, 0.25) is 0 Å². The lowest BCUT2D eigenvalue weighted by Crippen LogP contribution is -2.45. The Morgan fingerprint density at radius 1 is 1.22 bits per heavy atom. The van der Waals surface area contributed by atoms with Crippen molar-refractivity contribution in [2.75, 3.05) is 13.1 Å². The lowest BCUT2D eigenvalue weighted by atomic mass is 10.2. The first-order valence-electron chi connectivity index (χ1n) is 7.47. The molecule has 1 saturated heterocycles. The van der Waals surface area contributed by atoms with E-state index in [9.17, 15) is 8.78 Å². The quantitative estimate of drug-likeness (QED) is 0.769. The maximum Gasteiger partial charge on any atom is 0.166 e. The molecule has 0 radical (unpaired) electrons. The van der Waals surface area contributed by atoms with Crippen molar-refractivity contribution in [3.63, 3.8) is 0 Å². The second kappa shape index (κ2) is 6.76. The zero-order valence-corrected chi connectivity index (χ0v) is 14.6. The summed E-state index contributed by atoms with van der Waals surface area (Å²) in [5, 5.41) is 1.87. The van der Waals surface area contributed by atoms with Crippen molar-refractivity contribution in [2.45, 2.75) is 32.6 Å². The highest BCUT2D eigenvalue weighted by atomic mass is 32.1. The molecule has 2 heterocycles. The van der Waals surface area contributed by atoms with E-state index in [1.54, 1.807) is 0 Å². The van der Waals surface area contributed by atoms with E-state index in [4.69, 9.17) is 17.0 Å². The molecule has 0 spiro atoms. The van der Waals surface area contributed by atoms with Gasteiger partial charge in [-0.05, 0) is 38.2 Å². The maximum atomic E-state index is 14.1. The molecule has 1 aliphatic heterocycles. The summed E-state index contributed by atoms with van der Waals surface area (Å²) < 4.78 is 36.0. The minimum absolute atomic E-state index is 0.0943. The van der Waals surface area contributed by atoms with Crippen LogP contribution in [0.25, 0.3) is 5.69 Å². The minimum atomic E-state index is -0.607. The van der Waals surface area contributed by atoms with Crippen LogP contribution in [0.5, 0.6) is 0 Å². The number of ether oxygens (including phenoxy) is 1. The molecular weight excluding hydrogens is 338 g/mol. The van der Waals surface area contributed by atoms with Crippen LogP contribution in [-0.2, 0) is 11.3 Å². The third-order valence-corrected chi connectivity index (χ3v) is 5.05. The average molecular weight is 356 g/mol. The molecule has 1 fully saturated rings. The van der Waals surface area contributed by atoms with Crippen molar-refractivity contribution in [2.24, 2.45) is 0 Å². The van der Waals surface area contributed by atoms with Crippen LogP contribution in [0, 0.1) is 15.6 Å². The molecule has 23 heavy (non-hydrogen) atoms. The van der Waals surface area contributed by atoms with Crippen molar-refractivity contribution < 1.29 is 13.5 Å². The van der Waals surface area contributed by atoms with Gasteiger partial charge < -0.3 is 4.74 Å². The lowest BCUT2D eigenvalue weighted by Gasteiger charge is -2.35. The van der Waals surface area contributed by atoms with Gasteiger partial charge in [0.25, 0.3) is 0 Å². The molecule has 0 bridgehead atoms. The molecule has 0 amide bonds. The van der Waals surface area contributed by atoms with Gasteiger partial charge in [0.15, 0.2) is 3.95 Å². The molecule has 124 valence electrons. The zero-order valence-electron chi connectivity index (χ0n) is 13.0. The third kappa shape index (κ3) is 3.52. The Morgan fingerprint density at radius 3 is 2.43 bits per heavy atom. The van der Waals surface area contributed by atoms with Gasteiger partial charge in [0.1, 0.15) is 17.3 Å². The van der Waals surface area contributed by atoms with Crippen LogP contribution in [0.1, 0.15) is 19.5 Å². The van der Waals surface area contributed by atoms with E-state index in [2.05, 4.69) is 4.90 Å². The number of nitrogens with zero attached hydrogens (tertiary/aromatic N) is 2. The van der Waals surface area contributed by atoms with Crippen molar-refractivity contribution in [1.82, 2.24) is 9.47 Å². The average Bonchev–Trinajstić information content (AvgIpc) is 2.79. The van der Waals surface area contributed by atoms with Crippen molar-refractivity contribution in [1.29, 1.82) is 0 Å². The third-order valence-electron chi connectivity index (χ3n) is 3.81. The zero-order chi connectivity index (χ0) is 16.6. The number of halogens is 2. The van der Waals surface area contributed by atoms with E-state index in [0.29, 0.717) is 10.5 Å². The second-order valence-electron chi connectivity index (χ2n) is 5.85. The summed E-state index contributed by atoms with van der Waals surface area (Å²) in [5.74, 6) is -1.21. The number of thiazole rings is 1. The summed E-state index contributed by atoms with van der Waals surface area (Å²) in [6.07, 6.45) is 0.276. The summed E-state index contributed by atoms with van der Waals surface area (Å²) >= 11 is 6.61. The van der Waals surface area contributed by atoms with E-state index in [-0.39, 0.29) is 17.9 Å². The number of aromatic nitrogens is 1. The fraction of sp³-hybridized carbons (Fsp3) is 0.438. The van der Waals surface area contributed by atoms with Crippen LogP contribution in [0.4, 0.5) is 8.78 Å². The summed E-state index contributed by atoms with van der Waals surface area (Å²) in [4.78, 5) is 2.23. The molecule has 1 aromatic carbocycles. The van der Waals surface area contributed by atoms with E-state index in [1.165, 1.54) is 34.1 Å². The summed E-state index contributed by atoms with van der Waals surface area (Å²) in [6, 6.07) is 3.86. The number of hydrogen-bond donors (Lipinski definition) is 0. The number of para-hydroxylation sites is 1. The summed E-state index contributed by atoms with van der Waals surface area (Å²) in [6.45, 7) is 6.21. The molecule has 0 unspecified atom stereocenters. The van der Waals surface area contributed by atoms with Gasteiger partial charge in [-0.1, -0.05) is 6.07 Å². The Hall–Kier alpha value is -1.15. The van der Waals surface area contributed by atoms with Crippen molar-refractivity contribution in [3.05, 3.63) is 44.9 Å². The van der Waals surface area contributed by atoms with Gasteiger partial charge in [0.2, 0.25) is 0 Å². The Bertz CT molecular complexity index is 729. The van der Waals surface area contributed by atoms with Crippen molar-refractivity contribution in [3.8, 4) is 5.69 Å². The molecule has 3 nitrogen and oxygen atoms in total. The van der Waals surface area contributed by atoms with Crippen LogP contribution in [-0.4, -0.2) is 34.8 Å². The van der Waals surface area contributed by atoms with Crippen molar-refractivity contribution >= 4 is 23.6 Å². The molecule has 2 atom stereocenters. The van der Waals surface area contributed by atoms with E-state index >= 15 is 0 Å². The predicted molar refractivity (Wildman–Crippen MR) is 89.7 cm³/mol. The standard InChI is InChI=1S/C16H18F2N2OS2/c1-10-6-19(7-11(2)21-10)8-12-9-23-16(22)20(12)15-13(17)4-3-5-14(15)18/h3-5,9-11H,6-8H2,1-2H3/t10-,11-/m0/s1. The fourth-order valence-corrected chi connectivity index (χ4v) is 4.11. The van der Waals surface area contributed by atoms with E-state index in [1.807, 2.05) is 19.2 Å². The minimum Gasteiger partial charge on any atom is -0.373 e. The molecule has 1 aliphatic rings. The normalized spacial score (nSPS) is 22.4. The van der Waals surface area contributed by atoms with Crippen LogP contribution < -0.4 is 0 Å². The summed E-state index contributed by atoms with van der Waals surface area (Å²) in [7, 11) is 0. The van der Waals surface area contributed by atoms with E-state index < -0.39 is 11.6 Å². The monoisotopic (exact) mass is 356 g/mol. The van der Waals surface area contributed by atoms with Gasteiger partial charge in [-0.25, -0.2) is 8.78 Å². The molecule has 1 aromatic heterocycles. The molecule has 0 aliphatic carbocycles. The van der Waals surface area contributed by atoms with Gasteiger partial charge >= 0.3 is 0 Å². The highest BCUT2D eigenvalue weighted by molar-refractivity contribution is 7.73. The number of benzene rings is 1.